The van der Waals surface area contributed by atoms with Gasteiger partial charge < -0.3 is 0 Å². The van der Waals surface area contributed by atoms with E-state index in [0.29, 0.717) is 0 Å². The molecule has 0 heteroatoms. The number of hydrogen-bond acceptors (Lipinski definition) is 0. The van der Waals surface area contributed by atoms with Crippen molar-refractivity contribution in [2.45, 2.75) is 27.2 Å². The normalized spacial score (nSPS) is 9.93. The monoisotopic (exact) mass is 186 g/mol. The minimum absolute atomic E-state index is 0.999. The molecular formula is C14H18. The molecule has 0 N–H and O–H groups in total. The van der Waals surface area contributed by atoms with Crippen LogP contribution < -0.4 is 0 Å². The van der Waals surface area contributed by atoms with E-state index < -0.39 is 0 Å². The topological polar surface area (TPSA) is 0 Å². The largest absolute Gasteiger partial charge is 0.0955 e. The Morgan fingerprint density at radius 3 is 2.21 bits per heavy atom. The molecule has 0 fully saturated rings. The van der Waals surface area contributed by atoms with Crippen LogP contribution in [0.15, 0.2) is 31.4 Å². The third-order valence-electron chi connectivity index (χ3n) is 2.41. The van der Waals surface area contributed by atoms with Crippen molar-refractivity contribution in [3.05, 3.63) is 48.0 Å². The number of rotatable bonds is 3. The molecule has 1 aromatic carbocycles. The van der Waals surface area contributed by atoms with Crippen molar-refractivity contribution < 1.29 is 0 Å². The van der Waals surface area contributed by atoms with E-state index in [1.807, 2.05) is 6.92 Å². The zero-order valence-corrected chi connectivity index (χ0v) is 9.35. The Kier molecular flexibility index (Phi) is 3.29. The summed E-state index contributed by atoms with van der Waals surface area (Å²) >= 11 is 0. The van der Waals surface area contributed by atoms with Crippen molar-refractivity contribution >= 4 is 11.1 Å². The average Bonchev–Trinajstić information content (AvgIpc) is 2.15. The second-order valence-electron chi connectivity index (χ2n) is 3.83. The van der Waals surface area contributed by atoms with Crippen molar-refractivity contribution in [2.75, 3.05) is 0 Å². The van der Waals surface area contributed by atoms with Gasteiger partial charge in [-0.3, -0.25) is 0 Å². The Labute approximate surface area is 87.0 Å². The van der Waals surface area contributed by atoms with Gasteiger partial charge in [0.15, 0.2) is 0 Å². The SMILES string of the molecule is C=C(C)c1cc(C)cc(C(=C)CC)c1. The fourth-order valence-corrected chi connectivity index (χ4v) is 1.44. The Bertz CT molecular complexity index is 370. The van der Waals surface area contributed by atoms with Gasteiger partial charge >= 0.3 is 0 Å². The van der Waals surface area contributed by atoms with E-state index in [1.54, 1.807) is 0 Å². The van der Waals surface area contributed by atoms with Gasteiger partial charge in [0, 0.05) is 0 Å². The van der Waals surface area contributed by atoms with E-state index in [4.69, 9.17) is 0 Å². The van der Waals surface area contributed by atoms with Crippen LogP contribution in [-0.2, 0) is 0 Å². The lowest BCUT2D eigenvalue weighted by atomic mass is 9.97. The third-order valence-corrected chi connectivity index (χ3v) is 2.41. The van der Waals surface area contributed by atoms with E-state index in [1.165, 1.54) is 22.3 Å². The zero-order valence-electron chi connectivity index (χ0n) is 9.35. The first-order valence-electron chi connectivity index (χ1n) is 5.00. The number of aryl methyl sites for hydroxylation is 1. The van der Waals surface area contributed by atoms with Gasteiger partial charge in [0.1, 0.15) is 0 Å². The van der Waals surface area contributed by atoms with Crippen LogP contribution in [0.2, 0.25) is 0 Å². The fraction of sp³-hybridized carbons (Fsp3) is 0.286. The molecule has 0 amide bonds. The van der Waals surface area contributed by atoms with Crippen LogP contribution in [0, 0.1) is 6.92 Å². The van der Waals surface area contributed by atoms with Gasteiger partial charge in [-0.1, -0.05) is 37.8 Å². The van der Waals surface area contributed by atoms with Gasteiger partial charge in [-0.15, -0.1) is 0 Å². The van der Waals surface area contributed by atoms with Crippen LogP contribution >= 0.6 is 0 Å². The lowest BCUT2D eigenvalue weighted by Gasteiger charge is -2.08. The third kappa shape index (κ3) is 2.35. The summed E-state index contributed by atoms with van der Waals surface area (Å²) in [7, 11) is 0. The first kappa shape index (κ1) is 10.8. The van der Waals surface area contributed by atoms with Crippen molar-refractivity contribution in [1.29, 1.82) is 0 Å². The van der Waals surface area contributed by atoms with Gasteiger partial charge in [0.05, 0.1) is 0 Å². The quantitative estimate of drug-likeness (QED) is 0.654. The van der Waals surface area contributed by atoms with E-state index >= 15 is 0 Å². The van der Waals surface area contributed by atoms with Gasteiger partial charge in [-0.25, -0.2) is 0 Å². The minimum atomic E-state index is 0.999. The molecule has 0 nitrogen and oxygen atoms in total. The number of benzene rings is 1. The maximum Gasteiger partial charge on any atom is -0.0222 e. The molecule has 0 radical (unpaired) electrons. The molecule has 0 spiro atoms. The molecule has 0 saturated heterocycles. The maximum atomic E-state index is 4.06. The number of allylic oxidation sites excluding steroid dienone is 2. The summed E-state index contributed by atoms with van der Waals surface area (Å²) in [6.07, 6.45) is 0.999. The summed E-state index contributed by atoms with van der Waals surface area (Å²) in [6, 6.07) is 6.51. The van der Waals surface area contributed by atoms with E-state index in [-0.39, 0.29) is 0 Å². The first-order valence-corrected chi connectivity index (χ1v) is 5.00. The zero-order chi connectivity index (χ0) is 10.7. The van der Waals surface area contributed by atoms with Crippen LogP contribution in [0.5, 0.6) is 0 Å². The molecule has 0 aromatic heterocycles. The second kappa shape index (κ2) is 4.28. The Hall–Kier alpha value is -1.30. The molecule has 0 heterocycles. The smallest absolute Gasteiger partial charge is 0.0222 e. The molecule has 0 saturated carbocycles. The van der Waals surface area contributed by atoms with Gasteiger partial charge in [0.2, 0.25) is 0 Å². The molecule has 0 aliphatic rings. The Morgan fingerprint density at radius 2 is 1.71 bits per heavy atom. The molecule has 0 bridgehead atoms. The summed E-state index contributed by atoms with van der Waals surface area (Å²) in [4.78, 5) is 0. The summed E-state index contributed by atoms with van der Waals surface area (Å²) in [5.74, 6) is 0. The molecule has 0 unspecified atom stereocenters. The van der Waals surface area contributed by atoms with Crippen LogP contribution in [0.3, 0.4) is 0 Å². The van der Waals surface area contributed by atoms with Crippen LogP contribution in [0.25, 0.3) is 11.1 Å². The van der Waals surface area contributed by atoms with E-state index in [9.17, 15) is 0 Å². The Balaban J connectivity index is 3.20. The highest BCUT2D eigenvalue weighted by atomic mass is 14.1. The average molecular weight is 186 g/mol. The van der Waals surface area contributed by atoms with E-state index in [2.05, 4.69) is 45.2 Å². The molecule has 0 aliphatic carbocycles. The van der Waals surface area contributed by atoms with Crippen molar-refractivity contribution in [3.63, 3.8) is 0 Å². The summed E-state index contributed by atoms with van der Waals surface area (Å²) < 4.78 is 0. The highest BCUT2D eigenvalue weighted by Gasteiger charge is 2.01. The standard InChI is InChI=1S/C14H18/c1-6-12(5)14-8-11(4)7-13(9-14)10(2)3/h7-9H,2,5-6H2,1,3-4H3. The van der Waals surface area contributed by atoms with Crippen molar-refractivity contribution in [3.8, 4) is 0 Å². The van der Waals surface area contributed by atoms with Crippen molar-refractivity contribution in [2.24, 2.45) is 0 Å². The fourth-order valence-electron chi connectivity index (χ4n) is 1.44. The van der Waals surface area contributed by atoms with Gasteiger partial charge in [-0.05, 0) is 48.6 Å². The van der Waals surface area contributed by atoms with Gasteiger partial charge in [0.25, 0.3) is 0 Å². The lowest BCUT2D eigenvalue weighted by Crippen LogP contribution is -1.87. The number of hydrogen-bond donors (Lipinski definition) is 0. The Morgan fingerprint density at radius 1 is 1.14 bits per heavy atom. The lowest BCUT2D eigenvalue weighted by molar-refractivity contribution is 1.24. The summed E-state index contributed by atoms with van der Waals surface area (Å²) in [5, 5.41) is 0. The van der Waals surface area contributed by atoms with Crippen LogP contribution in [0.4, 0.5) is 0 Å². The second-order valence-corrected chi connectivity index (χ2v) is 3.83. The highest BCUT2D eigenvalue weighted by molar-refractivity contribution is 5.70. The predicted molar refractivity (Wildman–Crippen MR) is 65.2 cm³/mol. The van der Waals surface area contributed by atoms with Crippen LogP contribution in [-0.4, -0.2) is 0 Å². The minimum Gasteiger partial charge on any atom is -0.0955 e. The summed E-state index contributed by atoms with van der Waals surface area (Å²) in [5.41, 5.74) is 6.03. The molecule has 74 valence electrons. The molecule has 1 rings (SSSR count). The first-order chi connectivity index (χ1) is 6.54. The molecular weight excluding hydrogens is 168 g/mol. The molecule has 0 aliphatic heterocycles. The van der Waals surface area contributed by atoms with Crippen molar-refractivity contribution in [1.82, 2.24) is 0 Å². The maximum absolute atomic E-state index is 4.06. The molecule has 14 heavy (non-hydrogen) atoms. The highest BCUT2D eigenvalue weighted by Crippen LogP contribution is 2.22. The molecule has 0 atom stereocenters. The predicted octanol–water partition coefficient (Wildman–Crippen LogP) is 4.45. The summed E-state index contributed by atoms with van der Waals surface area (Å²) in [6.45, 7) is 14.3. The molecule has 1 aromatic rings. The van der Waals surface area contributed by atoms with Crippen LogP contribution in [0.1, 0.15) is 37.0 Å². The van der Waals surface area contributed by atoms with E-state index in [0.717, 1.165) is 12.0 Å². The van der Waals surface area contributed by atoms with Gasteiger partial charge in [-0.2, -0.15) is 0 Å².